The van der Waals surface area contributed by atoms with E-state index in [1.54, 1.807) is 6.92 Å². The second-order valence-corrected chi connectivity index (χ2v) is 12.6. The van der Waals surface area contributed by atoms with Crippen molar-refractivity contribution in [1.82, 2.24) is 0 Å². The Morgan fingerprint density at radius 2 is 1.50 bits per heavy atom. The van der Waals surface area contributed by atoms with Gasteiger partial charge < -0.3 is 4.79 Å². The number of Topliss-reactive ketones (excluding diaryl/α,β-unsaturated/α-hetero) is 5. The fourth-order valence-electron chi connectivity index (χ4n) is 6.55. The second kappa shape index (κ2) is 19.7. The highest BCUT2D eigenvalue weighted by Crippen LogP contribution is 2.38. The Balaban J connectivity index is 0.000000978. The fourth-order valence-corrected chi connectivity index (χ4v) is 6.55. The zero-order chi connectivity index (χ0) is 31.8. The average molecular weight is 583 g/mol. The Morgan fingerprint density at radius 1 is 0.905 bits per heavy atom. The van der Waals surface area contributed by atoms with Crippen LogP contribution in [0.5, 0.6) is 0 Å². The Kier molecular flexibility index (Phi) is 17.6. The molecule has 0 radical (unpaired) electrons. The molecule has 0 amide bonds. The number of fused-ring (bicyclic) bond motifs is 1. The van der Waals surface area contributed by atoms with Gasteiger partial charge in [0.25, 0.3) is 0 Å². The van der Waals surface area contributed by atoms with Crippen LogP contribution in [-0.4, -0.2) is 28.9 Å². The van der Waals surface area contributed by atoms with E-state index in [0.717, 1.165) is 80.0 Å². The SMILES string of the molecule is CCC.CCC(C)=O.CCCC(CC1CC(=O)c2c(C)ccc(CC(=O)C3CCCC3)c2C1)C(CC)C(=O)CC(C)=O. The van der Waals surface area contributed by atoms with Crippen molar-refractivity contribution in [3.63, 3.8) is 0 Å². The van der Waals surface area contributed by atoms with Crippen LogP contribution in [0, 0.1) is 30.6 Å². The van der Waals surface area contributed by atoms with Crippen LogP contribution in [0.15, 0.2) is 12.1 Å². The van der Waals surface area contributed by atoms with Gasteiger partial charge in [-0.25, -0.2) is 0 Å². The molecule has 1 aromatic rings. The fraction of sp³-hybridized carbons (Fsp3) is 0.703. The van der Waals surface area contributed by atoms with Gasteiger partial charge in [0, 0.05) is 36.7 Å². The van der Waals surface area contributed by atoms with Crippen molar-refractivity contribution in [3.8, 4) is 0 Å². The molecule has 3 atom stereocenters. The molecule has 5 nitrogen and oxygen atoms in total. The van der Waals surface area contributed by atoms with Gasteiger partial charge in [-0.1, -0.05) is 78.9 Å². The molecule has 42 heavy (non-hydrogen) atoms. The van der Waals surface area contributed by atoms with Crippen LogP contribution in [0.1, 0.15) is 153 Å². The molecular weight excluding hydrogens is 524 g/mol. The molecule has 2 aliphatic rings. The van der Waals surface area contributed by atoms with Gasteiger partial charge in [0.15, 0.2) is 5.78 Å². The predicted molar refractivity (Wildman–Crippen MR) is 172 cm³/mol. The number of aryl methyl sites for hydroxylation is 1. The van der Waals surface area contributed by atoms with Gasteiger partial charge in [-0.15, -0.1) is 0 Å². The van der Waals surface area contributed by atoms with Crippen molar-refractivity contribution < 1.29 is 24.0 Å². The molecule has 0 aliphatic heterocycles. The van der Waals surface area contributed by atoms with Crippen molar-refractivity contribution in [2.75, 3.05) is 0 Å². The van der Waals surface area contributed by atoms with E-state index >= 15 is 0 Å². The van der Waals surface area contributed by atoms with Crippen molar-refractivity contribution in [1.29, 1.82) is 0 Å². The molecule has 3 rings (SSSR count). The maximum atomic E-state index is 13.3. The van der Waals surface area contributed by atoms with Crippen LogP contribution in [0.2, 0.25) is 0 Å². The molecule has 1 saturated carbocycles. The van der Waals surface area contributed by atoms with Crippen LogP contribution < -0.4 is 0 Å². The summed E-state index contributed by atoms with van der Waals surface area (Å²) in [6.07, 6.45) is 11.4. The van der Waals surface area contributed by atoms with E-state index in [4.69, 9.17) is 0 Å². The maximum absolute atomic E-state index is 13.3. The highest BCUT2D eigenvalue weighted by Gasteiger charge is 2.34. The Labute approximate surface area is 256 Å². The molecule has 3 unspecified atom stereocenters. The summed E-state index contributed by atoms with van der Waals surface area (Å²) in [5.74, 6) is 1.15. The smallest absolute Gasteiger partial charge is 0.163 e. The van der Waals surface area contributed by atoms with E-state index in [1.165, 1.54) is 13.3 Å². The van der Waals surface area contributed by atoms with Crippen LogP contribution in [0.25, 0.3) is 0 Å². The molecule has 1 aromatic carbocycles. The van der Waals surface area contributed by atoms with Crippen molar-refractivity contribution >= 4 is 28.9 Å². The van der Waals surface area contributed by atoms with E-state index in [2.05, 4.69) is 26.8 Å². The summed E-state index contributed by atoms with van der Waals surface area (Å²) in [6.45, 7) is 15.3. The van der Waals surface area contributed by atoms with E-state index in [9.17, 15) is 24.0 Å². The van der Waals surface area contributed by atoms with Crippen molar-refractivity contribution in [3.05, 3.63) is 34.4 Å². The third-order valence-corrected chi connectivity index (χ3v) is 8.68. The quantitative estimate of drug-likeness (QED) is 0.217. The first-order valence-corrected chi connectivity index (χ1v) is 16.6. The molecule has 1 fully saturated rings. The van der Waals surface area contributed by atoms with E-state index in [1.807, 2.05) is 26.8 Å². The Bertz CT molecular complexity index is 1050. The van der Waals surface area contributed by atoms with E-state index in [-0.39, 0.29) is 53.2 Å². The first kappa shape index (κ1) is 37.6. The molecule has 236 valence electrons. The maximum Gasteiger partial charge on any atom is 0.163 e. The highest BCUT2D eigenvalue weighted by molar-refractivity contribution is 6.01. The molecule has 0 N–H and O–H groups in total. The normalized spacial score (nSPS) is 17.6. The number of rotatable bonds is 13. The largest absolute Gasteiger partial charge is 0.300 e. The summed E-state index contributed by atoms with van der Waals surface area (Å²) in [6, 6.07) is 4.06. The third kappa shape index (κ3) is 12.1. The van der Waals surface area contributed by atoms with Gasteiger partial charge in [0.05, 0.1) is 6.42 Å². The molecule has 0 aromatic heterocycles. The van der Waals surface area contributed by atoms with Crippen LogP contribution >= 0.6 is 0 Å². The number of ketones is 5. The zero-order valence-electron chi connectivity index (χ0n) is 27.9. The van der Waals surface area contributed by atoms with Crippen molar-refractivity contribution in [2.24, 2.45) is 23.7 Å². The van der Waals surface area contributed by atoms with E-state index in [0.29, 0.717) is 25.0 Å². The summed E-state index contributed by atoms with van der Waals surface area (Å²) in [7, 11) is 0. The standard InChI is InChI=1S/C30H42O4.C4H8O.C3H8/c1-5-9-23(25(6-2)28(33)14-20(4)31)15-21-16-26-24(18-27(32)22-10-7-8-11-22)13-12-19(3)30(26)29(34)17-21;1-3-4(2)5;1-3-2/h12-13,21-23,25H,5-11,14-18H2,1-4H3;3H2,1-2H3;3H2,1-2H3. The van der Waals surface area contributed by atoms with Crippen LogP contribution in [0.3, 0.4) is 0 Å². The van der Waals surface area contributed by atoms with Gasteiger partial charge >= 0.3 is 0 Å². The number of carbonyl (C=O) groups excluding carboxylic acids is 5. The van der Waals surface area contributed by atoms with E-state index < -0.39 is 0 Å². The third-order valence-electron chi connectivity index (χ3n) is 8.68. The summed E-state index contributed by atoms with van der Waals surface area (Å²) < 4.78 is 0. The lowest BCUT2D eigenvalue weighted by Crippen LogP contribution is -2.30. The molecule has 0 bridgehead atoms. The molecule has 0 spiro atoms. The lowest BCUT2D eigenvalue weighted by atomic mass is 9.71. The topological polar surface area (TPSA) is 85.3 Å². The summed E-state index contributed by atoms with van der Waals surface area (Å²) in [5.41, 5.74) is 3.94. The molecular formula is C37H58O5. The highest BCUT2D eigenvalue weighted by atomic mass is 16.2. The molecule has 2 aliphatic carbocycles. The molecule has 0 saturated heterocycles. The van der Waals surface area contributed by atoms with Gasteiger partial charge in [-0.3, -0.25) is 19.2 Å². The lowest BCUT2D eigenvalue weighted by molar-refractivity contribution is -0.130. The van der Waals surface area contributed by atoms with Crippen LogP contribution in [0.4, 0.5) is 0 Å². The number of carbonyl (C=O) groups is 5. The predicted octanol–water partition coefficient (Wildman–Crippen LogP) is 8.82. The van der Waals surface area contributed by atoms with Gasteiger partial charge in [0.2, 0.25) is 0 Å². The first-order chi connectivity index (χ1) is 19.9. The van der Waals surface area contributed by atoms with Gasteiger partial charge in [-0.05, 0) is 81.4 Å². The number of hydrogen-bond acceptors (Lipinski definition) is 5. The molecule has 5 heteroatoms. The minimum absolute atomic E-state index is 0.0117. The minimum Gasteiger partial charge on any atom is -0.300 e. The van der Waals surface area contributed by atoms with Crippen LogP contribution in [-0.2, 0) is 32.0 Å². The molecule has 0 heterocycles. The average Bonchev–Trinajstić information content (AvgIpc) is 3.46. The number of hydrogen-bond donors (Lipinski definition) is 0. The first-order valence-electron chi connectivity index (χ1n) is 16.6. The van der Waals surface area contributed by atoms with Crippen molar-refractivity contribution in [2.45, 2.75) is 145 Å². The number of benzene rings is 1. The Morgan fingerprint density at radius 3 is 2.00 bits per heavy atom. The second-order valence-electron chi connectivity index (χ2n) is 12.6. The summed E-state index contributed by atoms with van der Waals surface area (Å²) >= 11 is 0. The minimum atomic E-state index is -0.124. The summed E-state index contributed by atoms with van der Waals surface area (Å²) in [4.78, 5) is 60.4. The summed E-state index contributed by atoms with van der Waals surface area (Å²) in [5, 5.41) is 0. The monoisotopic (exact) mass is 582 g/mol. The van der Waals surface area contributed by atoms with Gasteiger partial charge in [0.1, 0.15) is 23.1 Å². The lowest BCUT2D eigenvalue weighted by Gasteiger charge is -2.32. The van der Waals surface area contributed by atoms with Gasteiger partial charge in [-0.2, -0.15) is 0 Å². The Hall–Kier alpha value is -2.43. The zero-order valence-corrected chi connectivity index (χ0v) is 27.9.